The average Bonchev–Trinajstić information content (AvgIpc) is 2.99. The lowest BCUT2D eigenvalue weighted by molar-refractivity contribution is -0.139. The second-order valence-corrected chi connectivity index (χ2v) is 4.91. The van der Waals surface area contributed by atoms with Gasteiger partial charge in [0.25, 0.3) is 0 Å². The Labute approximate surface area is 115 Å². The van der Waals surface area contributed by atoms with Crippen LogP contribution in [-0.2, 0) is 29.4 Å². The van der Waals surface area contributed by atoms with Gasteiger partial charge in [-0.15, -0.1) is 11.3 Å². The summed E-state index contributed by atoms with van der Waals surface area (Å²) in [6.07, 6.45) is 2.98. The number of aromatic nitrogens is 3. The van der Waals surface area contributed by atoms with Crippen LogP contribution in [0, 0.1) is 0 Å². The van der Waals surface area contributed by atoms with Crippen molar-refractivity contribution in [3.8, 4) is 0 Å². The summed E-state index contributed by atoms with van der Waals surface area (Å²) in [6.45, 7) is 0.766. The van der Waals surface area contributed by atoms with Crippen molar-refractivity contribution in [1.29, 1.82) is 0 Å². The monoisotopic (exact) mass is 280 g/mol. The zero-order valence-electron chi connectivity index (χ0n) is 10.9. The standard InChI is InChI=1S/C12H16N4O2S/c1-16-6-4-9(15-16)3-5-13-12-14-10(8-19-12)7-11(17)18-2/h4,6,8H,3,5,7H2,1-2H3,(H,13,14). The summed E-state index contributed by atoms with van der Waals surface area (Å²) in [5.41, 5.74) is 1.78. The molecule has 0 amide bonds. The highest BCUT2D eigenvalue weighted by Gasteiger charge is 2.07. The van der Waals surface area contributed by atoms with Gasteiger partial charge in [-0.2, -0.15) is 5.10 Å². The number of anilines is 1. The third kappa shape index (κ3) is 4.06. The van der Waals surface area contributed by atoms with E-state index in [1.165, 1.54) is 18.4 Å². The van der Waals surface area contributed by atoms with E-state index in [4.69, 9.17) is 0 Å². The molecule has 0 aliphatic heterocycles. The van der Waals surface area contributed by atoms with Crippen molar-refractivity contribution in [2.24, 2.45) is 7.05 Å². The van der Waals surface area contributed by atoms with Crippen LogP contribution in [0.15, 0.2) is 17.6 Å². The molecule has 2 aromatic heterocycles. The summed E-state index contributed by atoms with van der Waals surface area (Å²) < 4.78 is 6.38. The molecule has 6 nitrogen and oxygen atoms in total. The molecule has 19 heavy (non-hydrogen) atoms. The average molecular weight is 280 g/mol. The summed E-state index contributed by atoms with van der Waals surface area (Å²) in [5.74, 6) is -0.273. The van der Waals surface area contributed by atoms with Crippen molar-refractivity contribution in [3.63, 3.8) is 0 Å². The van der Waals surface area contributed by atoms with Gasteiger partial charge >= 0.3 is 5.97 Å². The van der Waals surface area contributed by atoms with E-state index in [1.54, 1.807) is 4.68 Å². The number of methoxy groups -OCH3 is 1. The van der Waals surface area contributed by atoms with Crippen LogP contribution in [-0.4, -0.2) is 34.4 Å². The quantitative estimate of drug-likeness (QED) is 0.806. The number of hydrogen-bond donors (Lipinski definition) is 1. The molecule has 0 spiro atoms. The zero-order chi connectivity index (χ0) is 13.7. The predicted molar refractivity (Wildman–Crippen MR) is 73.2 cm³/mol. The van der Waals surface area contributed by atoms with Crippen molar-refractivity contribution < 1.29 is 9.53 Å². The number of nitrogens with one attached hydrogen (secondary N) is 1. The maximum absolute atomic E-state index is 11.1. The number of ether oxygens (including phenoxy) is 1. The Morgan fingerprint density at radius 1 is 1.53 bits per heavy atom. The van der Waals surface area contributed by atoms with Gasteiger partial charge in [0.1, 0.15) is 0 Å². The minimum absolute atomic E-state index is 0.217. The van der Waals surface area contributed by atoms with Gasteiger partial charge in [-0.05, 0) is 6.07 Å². The molecule has 0 saturated heterocycles. The van der Waals surface area contributed by atoms with Crippen LogP contribution in [0.1, 0.15) is 11.4 Å². The van der Waals surface area contributed by atoms with Crippen LogP contribution in [0.2, 0.25) is 0 Å². The lowest BCUT2D eigenvalue weighted by atomic mass is 10.3. The molecule has 1 N–H and O–H groups in total. The largest absolute Gasteiger partial charge is 0.469 e. The molecule has 0 atom stereocenters. The maximum atomic E-state index is 11.1. The molecule has 0 unspecified atom stereocenters. The number of rotatable bonds is 6. The molecule has 7 heteroatoms. The van der Waals surface area contributed by atoms with Crippen LogP contribution in [0.3, 0.4) is 0 Å². The molecule has 2 heterocycles. The third-order valence-electron chi connectivity index (χ3n) is 2.53. The second-order valence-electron chi connectivity index (χ2n) is 4.05. The molecule has 0 radical (unpaired) electrons. The van der Waals surface area contributed by atoms with Crippen molar-refractivity contribution >= 4 is 22.4 Å². The van der Waals surface area contributed by atoms with E-state index in [0.717, 1.165) is 29.5 Å². The van der Waals surface area contributed by atoms with E-state index in [-0.39, 0.29) is 12.4 Å². The summed E-state index contributed by atoms with van der Waals surface area (Å²) in [6, 6.07) is 1.99. The molecule has 102 valence electrons. The van der Waals surface area contributed by atoms with E-state index in [9.17, 15) is 4.79 Å². The van der Waals surface area contributed by atoms with Gasteiger partial charge in [-0.1, -0.05) is 0 Å². The van der Waals surface area contributed by atoms with E-state index in [2.05, 4.69) is 20.1 Å². The van der Waals surface area contributed by atoms with Crippen molar-refractivity contribution in [3.05, 3.63) is 29.0 Å². The first kappa shape index (κ1) is 13.5. The Balaban J connectivity index is 1.78. The fourth-order valence-electron chi connectivity index (χ4n) is 1.58. The number of esters is 1. The normalized spacial score (nSPS) is 10.4. The van der Waals surface area contributed by atoms with Gasteiger partial charge in [0.15, 0.2) is 5.13 Å². The van der Waals surface area contributed by atoms with E-state index in [0.29, 0.717) is 0 Å². The smallest absolute Gasteiger partial charge is 0.311 e. The van der Waals surface area contributed by atoms with Crippen LogP contribution >= 0.6 is 11.3 Å². The Morgan fingerprint density at radius 3 is 3.05 bits per heavy atom. The number of carbonyl (C=O) groups excluding carboxylic acids is 1. The Bertz CT molecular complexity index is 549. The molecule has 2 rings (SSSR count). The molecular formula is C12H16N4O2S. The maximum Gasteiger partial charge on any atom is 0.311 e. The number of thiazole rings is 1. The molecule has 0 bridgehead atoms. The minimum Gasteiger partial charge on any atom is -0.469 e. The van der Waals surface area contributed by atoms with Crippen molar-refractivity contribution in [1.82, 2.24) is 14.8 Å². The van der Waals surface area contributed by atoms with E-state index in [1.807, 2.05) is 24.7 Å². The van der Waals surface area contributed by atoms with Crippen LogP contribution < -0.4 is 5.32 Å². The first-order valence-electron chi connectivity index (χ1n) is 5.91. The predicted octanol–water partition coefficient (Wildman–Crippen LogP) is 1.25. The molecule has 0 aromatic carbocycles. The fraction of sp³-hybridized carbons (Fsp3) is 0.417. The van der Waals surface area contributed by atoms with Gasteiger partial charge in [0.2, 0.25) is 0 Å². The number of nitrogens with zero attached hydrogens (tertiary/aromatic N) is 3. The van der Waals surface area contributed by atoms with Crippen LogP contribution in [0.4, 0.5) is 5.13 Å². The zero-order valence-corrected chi connectivity index (χ0v) is 11.7. The summed E-state index contributed by atoms with van der Waals surface area (Å²) in [5, 5.41) is 10.2. The number of aryl methyl sites for hydroxylation is 1. The molecule has 0 aliphatic rings. The third-order valence-corrected chi connectivity index (χ3v) is 3.38. The minimum atomic E-state index is -0.273. The summed E-state index contributed by atoms with van der Waals surface area (Å²) in [4.78, 5) is 15.4. The van der Waals surface area contributed by atoms with E-state index < -0.39 is 0 Å². The van der Waals surface area contributed by atoms with Gasteiger partial charge in [-0.3, -0.25) is 9.48 Å². The van der Waals surface area contributed by atoms with Gasteiger partial charge in [0.05, 0.1) is 24.9 Å². The highest BCUT2D eigenvalue weighted by atomic mass is 32.1. The van der Waals surface area contributed by atoms with E-state index >= 15 is 0 Å². The van der Waals surface area contributed by atoms with Crippen molar-refractivity contribution in [2.75, 3.05) is 19.0 Å². The topological polar surface area (TPSA) is 69.0 Å². The Hall–Kier alpha value is -1.89. The first-order valence-corrected chi connectivity index (χ1v) is 6.79. The molecular weight excluding hydrogens is 264 g/mol. The van der Waals surface area contributed by atoms with Gasteiger partial charge in [0, 0.05) is 31.6 Å². The SMILES string of the molecule is COC(=O)Cc1csc(NCCc2ccn(C)n2)n1. The second kappa shape index (κ2) is 6.33. The van der Waals surface area contributed by atoms with Crippen molar-refractivity contribution in [2.45, 2.75) is 12.8 Å². The van der Waals surface area contributed by atoms with Crippen LogP contribution in [0.5, 0.6) is 0 Å². The Kier molecular flexibility index (Phi) is 4.51. The first-order chi connectivity index (χ1) is 9.17. The fourth-order valence-corrected chi connectivity index (χ4v) is 2.32. The number of carbonyl (C=O) groups is 1. The highest BCUT2D eigenvalue weighted by Crippen LogP contribution is 2.15. The Morgan fingerprint density at radius 2 is 2.37 bits per heavy atom. The van der Waals surface area contributed by atoms with Gasteiger partial charge < -0.3 is 10.1 Å². The number of hydrogen-bond acceptors (Lipinski definition) is 6. The molecule has 0 aliphatic carbocycles. The van der Waals surface area contributed by atoms with Gasteiger partial charge in [-0.25, -0.2) is 4.98 Å². The lowest BCUT2D eigenvalue weighted by Gasteiger charge is -2.00. The molecule has 0 saturated carbocycles. The molecule has 0 fully saturated rings. The summed E-state index contributed by atoms with van der Waals surface area (Å²) >= 11 is 1.49. The highest BCUT2D eigenvalue weighted by molar-refractivity contribution is 7.13. The lowest BCUT2D eigenvalue weighted by Crippen LogP contribution is -2.07. The van der Waals surface area contributed by atoms with Crippen LogP contribution in [0.25, 0.3) is 0 Å². The summed E-state index contributed by atoms with van der Waals surface area (Å²) in [7, 11) is 3.28. The molecule has 2 aromatic rings.